The number of nitrogens with zero attached hydrogens (tertiary/aromatic N) is 2. The second-order valence-corrected chi connectivity index (χ2v) is 7.51. The summed E-state index contributed by atoms with van der Waals surface area (Å²) in [6.45, 7) is 9.20. The Hall–Kier alpha value is -1.79. The van der Waals surface area contributed by atoms with Crippen molar-refractivity contribution in [3.63, 3.8) is 0 Å². The molecule has 27 heavy (non-hydrogen) atoms. The summed E-state index contributed by atoms with van der Waals surface area (Å²) >= 11 is 0. The Morgan fingerprint density at radius 2 is 1.93 bits per heavy atom. The van der Waals surface area contributed by atoms with Crippen molar-refractivity contribution in [1.29, 1.82) is 0 Å². The van der Waals surface area contributed by atoms with Crippen LogP contribution in [0.4, 0.5) is 0 Å². The van der Waals surface area contributed by atoms with Crippen LogP contribution in [0.1, 0.15) is 31.4 Å². The highest BCUT2D eigenvalue weighted by molar-refractivity contribution is 5.79. The van der Waals surface area contributed by atoms with Crippen molar-refractivity contribution in [3.05, 3.63) is 29.3 Å². The second-order valence-electron chi connectivity index (χ2n) is 7.51. The lowest BCUT2D eigenvalue weighted by atomic mass is 10.0. The quantitative estimate of drug-likeness (QED) is 0.352. The predicted octanol–water partition coefficient (Wildman–Crippen LogP) is 2.66. The Bertz CT molecular complexity index is 573. The van der Waals surface area contributed by atoms with E-state index in [2.05, 4.69) is 73.6 Å². The summed E-state index contributed by atoms with van der Waals surface area (Å²) in [5.41, 5.74) is 2.28. The molecule has 154 valence electrons. The van der Waals surface area contributed by atoms with Gasteiger partial charge in [0.1, 0.15) is 12.4 Å². The molecule has 0 bridgehead atoms. The van der Waals surface area contributed by atoms with Gasteiger partial charge in [0.05, 0.1) is 6.61 Å². The van der Waals surface area contributed by atoms with Crippen LogP contribution in [0.25, 0.3) is 0 Å². The molecule has 0 aliphatic carbocycles. The van der Waals surface area contributed by atoms with E-state index in [0.717, 1.165) is 30.2 Å². The zero-order valence-electron chi connectivity index (χ0n) is 18.1. The third-order valence-corrected chi connectivity index (χ3v) is 4.42. The van der Waals surface area contributed by atoms with Crippen LogP contribution in [-0.2, 0) is 11.3 Å². The topological polar surface area (TPSA) is 58.1 Å². The summed E-state index contributed by atoms with van der Waals surface area (Å²) in [7, 11) is 7.73. The zero-order chi connectivity index (χ0) is 20.2. The number of benzene rings is 1. The predicted molar refractivity (Wildman–Crippen MR) is 114 cm³/mol. The fourth-order valence-electron chi connectivity index (χ4n) is 2.81. The van der Waals surface area contributed by atoms with Gasteiger partial charge in [0, 0.05) is 38.9 Å². The molecule has 2 N–H and O–H groups in total. The van der Waals surface area contributed by atoms with Gasteiger partial charge in [-0.2, -0.15) is 0 Å². The third kappa shape index (κ3) is 9.11. The highest BCUT2D eigenvalue weighted by atomic mass is 16.5. The van der Waals surface area contributed by atoms with Crippen molar-refractivity contribution in [3.8, 4) is 5.75 Å². The fraction of sp³-hybridized carbons (Fsp3) is 0.667. The van der Waals surface area contributed by atoms with Crippen molar-refractivity contribution in [2.45, 2.75) is 39.8 Å². The Kier molecular flexibility index (Phi) is 10.8. The lowest BCUT2D eigenvalue weighted by Gasteiger charge is -2.27. The number of aliphatic imine (C=N–C) groups is 1. The van der Waals surface area contributed by atoms with Crippen LogP contribution in [0.2, 0.25) is 0 Å². The van der Waals surface area contributed by atoms with E-state index in [4.69, 9.17) is 9.47 Å². The van der Waals surface area contributed by atoms with E-state index in [1.54, 1.807) is 14.2 Å². The highest BCUT2D eigenvalue weighted by Crippen LogP contribution is 2.20. The van der Waals surface area contributed by atoms with E-state index < -0.39 is 0 Å². The number of nitrogens with one attached hydrogen (secondary N) is 2. The number of hydrogen-bond donors (Lipinski definition) is 2. The van der Waals surface area contributed by atoms with Gasteiger partial charge in [0.25, 0.3) is 0 Å². The first-order valence-corrected chi connectivity index (χ1v) is 9.69. The molecular formula is C21H38N4O2. The summed E-state index contributed by atoms with van der Waals surface area (Å²) in [5, 5.41) is 6.84. The van der Waals surface area contributed by atoms with Gasteiger partial charge in [0.2, 0.25) is 0 Å². The number of aryl methyl sites for hydroxylation is 1. The monoisotopic (exact) mass is 378 g/mol. The van der Waals surface area contributed by atoms with Gasteiger partial charge in [-0.25, -0.2) is 0 Å². The van der Waals surface area contributed by atoms with Gasteiger partial charge >= 0.3 is 0 Å². The zero-order valence-corrected chi connectivity index (χ0v) is 18.1. The van der Waals surface area contributed by atoms with Crippen molar-refractivity contribution >= 4 is 5.96 Å². The first-order valence-electron chi connectivity index (χ1n) is 9.69. The maximum Gasteiger partial charge on any atom is 0.191 e. The minimum Gasteiger partial charge on any atom is -0.491 e. The van der Waals surface area contributed by atoms with E-state index >= 15 is 0 Å². The number of guanidine groups is 1. The smallest absolute Gasteiger partial charge is 0.191 e. The number of likely N-dealkylation sites (N-methyl/N-ethyl adjacent to an activating group) is 1. The molecule has 0 heterocycles. The van der Waals surface area contributed by atoms with Crippen LogP contribution in [0, 0.1) is 12.8 Å². The van der Waals surface area contributed by atoms with Crippen LogP contribution in [-0.4, -0.2) is 64.9 Å². The van der Waals surface area contributed by atoms with E-state index in [1.165, 1.54) is 5.56 Å². The first kappa shape index (κ1) is 23.2. The van der Waals surface area contributed by atoms with Gasteiger partial charge in [-0.3, -0.25) is 4.99 Å². The molecule has 1 aromatic carbocycles. The molecule has 0 saturated carbocycles. The molecule has 1 unspecified atom stereocenters. The maximum atomic E-state index is 5.87. The fourth-order valence-corrected chi connectivity index (χ4v) is 2.81. The average Bonchev–Trinajstić information content (AvgIpc) is 2.61. The van der Waals surface area contributed by atoms with Crippen LogP contribution >= 0.6 is 0 Å². The molecule has 1 rings (SSSR count). The summed E-state index contributed by atoms with van der Waals surface area (Å²) in [6.07, 6.45) is 1.15. The normalized spacial score (nSPS) is 13.1. The van der Waals surface area contributed by atoms with Crippen LogP contribution in [0.15, 0.2) is 23.2 Å². The Labute approximate surface area is 165 Å². The van der Waals surface area contributed by atoms with Crippen LogP contribution in [0.5, 0.6) is 5.75 Å². The molecule has 0 aliphatic heterocycles. The van der Waals surface area contributed by atoms with E-state index in [-0.39, 0.29) is 0 Å². The van der Waals surface area contributed by atoms with Gasteiger partial charge in [0.15, 0.2) is 5.96 Å². The van der Waals surface area contributed by atoms with Gasteiger partial charge in [-0.05, 0) is 45.0 Å². The van der Waals surface area contributed by atoms with E-state index in [1.807, 2.05) is 0 Å². The lowest BCUT2D eigenvalue weighted by molar-refractivity contribution is 0.145. The Morgan fingerprint density at radius 1 is 1.19 bits per heavy atom. The number of hydrogen-bond acceptors (Lipinski definition) is 4. The lowest BCUT2D eigenvalue weighted by Crippen LogP contribution is -2.45. The van der Waals surface area contributed by atoms with Crippen LogP contribution < -0.4 is 15.4 Å². The molecule has 0 fully saturated rings. The minimum atomic E-state index is 0.468. The second kappa shape index (κ2) is 12.6. The molecule has 0 aliphatic rings. The highest BCUT2D eigenvalue weighted by Gasteiger charge is 2.14. The number of rotatable bonds is 11. The van der Waals surface area contributed by atoms with Crippen molar-refractivity contribution in [1.82, 2.24) is 15.5 Å². The van der Waals surface area contributed by atoms with Crippen molar-refractivity contribution in [2.24, 2.45) is 10.9 Å². The molecule has 6 heteroatoms. The molecule has 0 spiro atoms. The standard InChI is InChI=1S/C21H38N4O2/c1-16(2)12-19(25(5)6)15-24-21(22-4)23-14-18-9-8-17(3)13-20(18)27-11-10-26-7/h8-9,13,16,19H,10-12,14-15H2,1-7H3,(H2,22,23,24). The summed E-state index contributed by atoms with van der Waals surface area (Å²) < 4.78 is 10.9. The molecule has 0 radical (unpaired) electrons. The first-order chi connectivity index (χ1) is 12.9. The largest absolute Gasteiger partial charge is 0.491 e. The van der Waals surface area contributed by atoms with Gasteiger partial charge in [-0.1, -0.05) is 26.0 Å². The summed E-state index contributed by atoms with van der Waals surface area (Å²) in [4.78, 5) is 6.62. The molecule has 6 nitrogen and oxygen atoms in total. The molecule has 1 aromatic rings. The Balaban J connectivity index is 2.64. The SMILES string of the molecule is CN=C(NCc1ccc(C)cc1OCCOC)NCC(CC(C)C)N(C)C. The average molecular weight is 379 g/mol. The number of ether oxygens (including phenoxy) is 2. The summed E-state index contributed by atoms with van der Waals surface area (Å²) in [5.74, 6) is 2.35. The number of methoxy groups -OCH3 is 1. The third-order valence-electron chi connectivity index (χ3n) is 4.42. The molecule has 0 aromatic heterocycles. The summed E-state index contributed by atoms with van der Waals surface area (Å²) in [6, 6.07) is 6.73. The molecule has 0 saturated heterocycles. The van der Waals surface area contributed by atoms with Gasteiger partial charge < -0.3 is 25.0 Å². The van der Waals surface area contributed by atoms with Crippen molar-refractivity contribution < 1.29 is 9.47 Å². The molecule has 1 atom stereocenters. The Morgan fingerprint density at radius 3 is 2.52 bits per heavy atom. The minimum absolute atomic E-state index is 0.468. The van der Waals surface area contributed by atoms with Crippen LogP contribution in [0.3, 0.4) is 0 Å². The molecular weight excluding hydrogens is 340 g/mol. The molecule has 0 amide bonds. The van der Waals surface area contributed by atoms with Gasteiger partial charge in [-0.15, -0.1) is 0 Å². The van der Waals surface area contributed by atoms with E-state index in [9.17, 15) is 0 Å². The maximum absolute atomic E-state index is 5.87. The van der Waals surface area contributed by atoms with Crippen molar-refractivity contribution in [2.75, 3.05) is 48.0 Å². The van der Waals surface area contributed by atoms with E-state index in [0.29, 0.717) is 31.7 Å².